The monoisotopic (exact) mass is 370 g/mol. The number of aliphatic imine (C=N–C) groups is 1. The van der Waals surface area contributed by atoms with Gasteiger partial charge in [0.1, 0.15) is 11.6 Å². The molecule has 2 N–H and O–H groups in total. The number of hydrogen-bond acceptors (Lipinski definition) is 3. The Morgan fingerprint density at radius 1 is 1.36 bits per heavy atom. The van der Waals surface area contributed by atoms with Gasteiger partial charge in [0.05, 0.1) is 5.69 Å². The first kappa shape index (κ1) is 19.8. The van der Waals surface area contributed by atoms with E-state index in [9.17, 15) is 8.78 Å². The van der Waals surface area contributed by atoms with Gasteiger partial charge in [0.15, 0.2) is 5.96 Å². The minimum Gasteiger partial charge on any atom is -0.367 e. The smallest absolute Gasteiger partial charge is 0.191 e. The molecule has 4 nitrogen and oxygen atoms in total. The highest BCUT2D eigenvalue weighted by molar-refractivity contribution is 7.98. The summed E-state index contributed by atoms with van der Waals surface area (Å²) in [4.78, 5) is 6.57. The van der Waals surface area contributed by atoms with Gasteiger partial charge in [-0.1, -0.05) is 0 Å². The van der Waals surface area contributed by atoms with Crippen molar-refractivity contribution in [1.29, 1.82) is 0 Å². The topological polar surface area (TPSA) is 39.7 Å². The van der Waals surface area contributed by atoms with E-state index in [2.05, 4.69) is 21.9 Å². The third-order valence-corrected chi connectivity index (χ3v) is 4.85. The molecule has 1 saturated heterocycles. The third kappa shape index (κ3) is 6.38. The molecule has 0 bridgehead atoms. The molecule has 0 aliphatic carbocycles. The first-order chi connectivity index (χ1) is 12.1. The number of halogens is 2. The molecule has 2 rings (SSSR count). The zero-order valence-electron chi connectivity index (χ0n) is 15.0. The Balaban J connectivity index is 1.87. The van der Waals surface area contributed by atoms with Gasteiger partial charge in [-0.3, -0.25) is 4.99 Å². The number of benzene rings is 1. The second-order valence-electron chi connectivity index (χ2n) is 6.13. The van der Waals surface area contributed by atoms with Crippen LogP contribution in [0.15, 0.2) is 23.2 Å². The zero-order valence-corrected chi connectivity index (χ0v) is 15.8. The second-order valence-corrected chi connectivity index (χ2v) is 7.12. The summed E-state index contributed by atoms with van der Waals surface area (Å²) in [6.45, 7) is 5.07. The summed E-state index contributed by atoms with van der Waals surface area (Å²) in [5.74, 6) is 0.937. The summed E-state index contributed by atoms with van der Waals surface area (Å²) in [7, 11) is 0. The van der Waals surface area contributed by atoms with Gasteiger partial charge in [-0.2, -0.15) is 11.8 Å². The molecule has 0 aromatic heterocycles. The van der Waals surface area contributed by atoms with Gasteiger partial charge in [0, 0.05) is 38.3 Å². The second kappa shape index (κ2) is 10.5. The summed E-state index contributed by atoms with van der Waals surface area (Å²) in [5, 5.41) is 6.70. The van der Waals surface area contributed by atoms with E-state index in [0.29, 0.717) is 12.2 Å². The largest absolute Gasteiger partial charge is 0.367 e. The van der Waals surface area contributed by atoms with Crippen LogP contribution in [0.25, 0.3) is 0 Å². The number of unbranched alkanes of at least 4 members (excludes halogenated alkanes) is 1. The Hall–Kier alpha value is -1.50. The number of anilines is 1. The fourth-order valence-electron chi connectivity index (χ4n) is 2.90. The zero-order chi connectivity index (χ0) is 18.1. The highest BCUT2D eigenvalue weighted by Gasteiger charge is 2.25. The summed E-state index contributed by atoms with van der Waals surface area (Å²) >= 11 is 1.86. The van der Waals surface area contributed by atoms with E-state index in [0.717, 1.165) is 44.5 Å². The van der Waals surface area contributed by atoms with E-state index in [-0.39, 0.29) is 6.04 Å². The number of nitrogens with one attached hydrogen (secondary N) is 2. The first-order valence-electron chi connectivity index (χ1n) is 8.87. The molecule has 1 aromatic rings. The van der Waals surface area contributed by atoms with Crippen molar-refractivity contribution in [2.75, 3.05) is 43.1 Å². The molecule has 1 aromatic carbocycles. The predicted octanol–water partition coefficient (Wildman–Crippen LogP) is 3.24. The van der Waals surface area contributed by atoms with Crippen LogP contribution in [-0.2, 0) is 0 Å². The summed E-state index contributed by atoms with van der Waals surface area (Å²) < 4.78 is 27.0. The first-order valence-corrected chi connectivity index (χ1v) is 10.3. The van der Waals surface area contributed by atoms with Crippen molar-refractivity contribution < 1.29 is 8.78 Å². The van der Waals surface area contributed by atoms with E-state index in [1.165, 1.54) is 24.3 Å². The molecule has 1 aliphatic heterocycles. The van der Waals surface area contributed by atoms with E-state index in [1.807, 2.05) is 23.6 Å². The fourth-order valence-corrected chi connectivity index (χ4v) is 3.39. The van der Waals surface area contributed by atoms with E-state index in [1.54, 1.807) is 0 Å². The lowest BCUT2D eigenvalue weighted by molar-refractivity contribution is 0.580. The SMILES string of the molecule is CCNC(=NCCCCSC)NC1CCN(c2ccc(F)cc2F)C1. The molecular formula is C18H28F2N4S. The molecule has 25 heavy (non-hydrogen) atoms. The lowest BCUT2D eigenvalue weighted by Crippen LogP contribution is -2.44. The van der Waals surface area contributed by atoms with Gasteiger partial charge in [-0.05, 0) is 50.3 Å². The molecule has 140 valence electrons. The Kier molecular flexibility index (Phi) is 8.31. The van der Waals surface area contributed by atoms with Crippen LogP contribution in [0.3, 0.4) is 0 Å². The van der Waals surface area contributed by atoms with E-state index >= 15 is 0 Å². The van der Waals surface area contributed by atoms with Crippen molar-refractivity contribution in [2.45, 2.75) is 32.2 Å². The third-order valence-electron chi connectivity index (χ3n) is 4.15. The number of hydrogen-bond donors (Lipinski definition) is 2. The molecule has 1 unspecified atom stereocenters. The molecule has 1 atom stereocenters. The minimum atomic E-state index is -0.543. The lowest BCUT2D eigenvalue weighted by Gasteiger charge is -2.21. The fraction of sp³-hybridized carbons (Fsp3) is 0.611. The Bertz CT molecular complexity index is 568. The van der Waals surface area contributed by atoms with Crippen molar-refractivity contribution in [3.63, 3.8) is 0 Å². The van der Waals surface area contributed by atoms with Gasteiger partial charge in [-0.15, -0.1) is 0 Å². The molecule has 0 amide bonds. The van der Waals surface area contributed by atoms with Crippen molar-refractivity contribution in [3.05, 3.63) is 29.8 Å². The highest BCUT2D eigenvalue weighted by atomic mass is 32.2. The average Bonchev–Trinajstić information content (AvgIpc) is 3.03. The van der Waals surface area contributed by atoms with Crippen molar-refractivity contribution in [3.8, 4) is 0 Å². The predicted molar refractivity (Wildman–Crippen MR) is 104 cm³/mol. The van der Waals surface area contributed by atoms with Crippen molar-refractivity contribution in [2.24, 2.45) is 4.99 Å². The van der Waals surface area contributed by atoms with Gasteiger partial charge in [0.25, 0.3) is 0 Å². The minimum absolute atomic E-state index is 0.202. The normalized spacial score (nSPS) is 17.8. The molecule has 0 radical (unpaired) electrons. The Morgan fingerprint density at radius 3 is 2.92 bits per heavy atom. The van der Waals surface area contributed by atoms with Gasteiger partial charge in [-0.25, -0.2) is 8.78 Å². The highest BCUT2D eigenvalue weighted by Crippen LogP contribution is 2.24. The molecule has 1 heterocycles. The number of rotatable bonds is 8. The maximum Gasteiger partial charge on any atom is 0.191 e. The van der Waals surface area contributed by atoms with E-state index < -0.39 is 11.6 Å². The Labute approximate surface area is 153 Å². The summed E-state index contributed by atoms with van der Waals surface area (Å²) in [6.07, 6.45) is 5.26. The molecule has 1 fully saturated rings. The summed E-state index contributed by atoms with van der Waals surface area (Å²) in [6, 6.07) is 3.96. The van der Waals surface area contributed by atoms with Crippen LogP contribution >= 0.6 is 11.8 Å². The standard InChI is InChI=1S/C18H28F2N4S/c1-3-21-18(22-9-4-5-11-25-2)23-15-8-10-24(13-15)17-7-6-14(19)12-16(17)20/h6-7,12,15H,3-5,8-11,13H2,1-2H3,(H2,21,22,23). The van der Waals surface area contributed by atoms with Gasteiger partial charge in [0.2, 0.25) is 0 Å². The molecule has 1 aliphatic rings. The average molecular weight is 371 g/mol. The van der Waals surface area contributed by atoms with Crippen LogP contribution in [0.2, 0.25) is 0 Å². The number of thioether (sulfide) groups is 1. The van der Waals surface area contributed by atoms with Gasteiger partial charge < -0.3 is 15.5 Å². The van der Waals surface area contributed by atoms with Crippen LogP contribution in [0.5, 0.6) is 0 Å². The van der Waals surface area contributed by atoms with Crippen LogP contribution in [0.4, 0.5) is 14.5 Å². The van der Waals surface area contributed by atoms with Crippen LogP contribution in [0, 0.1) is 11.6 Å². The molecular weight excluding hydrogens is 342 g/mol. The molecule has 7 heteroatoms. The van der Waals surface area contributed by atoms with Crippen LogP contribution < -0.4 is 15.5 Å². The summed E-state index contributed by atoms with van der Waals surface area (Å²) in [5.41, 5.74) is 0.463. The quantitative estimate of drug-likeness (QED) is 0.419. The van der Waals surface area contributed by atoms with Crippen molar-refractivity contribution >= 4 is 23.4 Å². The number of nitrogens with zero attached hydrogens (tertiary/aromatic N) is 2. The van der Waals surface area contributed by atoms with Gasteiger partial charge >= 0.3 is 0 Å². The molecule has 0 saturated carbocycles. The van der Waals surface area contributed by atoms with E-state index in [4.69, 9.17) is 0 Å². The Morgan fingerprint density at radius 2 is 2.20 bits per heavy atom. The maximum absolute atomic E-state index is 13.9. The van der Waals surface area contributed by atoms with Crippen LogP contribution in [0.1, 0.15) is 26.2 Å². The number of guanidine groups is 1. The maximum atomic E-state index is 13.9. The lowest BCUT2D eigenvalue weighted by atomic mass is 10.2. The van der Waals surface area contributed by atoms with Crippen molar-refractivity contribution in [1.82, 2.24) is 10.6 Å². The molecule has 0 spiro atoms. The van der Waals surface area contributed by atoms with Crippen LogP contribution in [-0.4, -0.2) is 50.2 Å².